The van der Waals surface area contributed by atoms with Gasteiger partial charge in [-0.1, -0.05) is 42.5 Å². The van der Waals surface area contributed by atoms with Gasteiger partial charge in [0.05, 0.1) is 24.1 Å². The highest BCUT2D eigenvalue weighted by Crippen LogP contribution is 2.31. The first-order valence-corrected chi connectivity index (χ1v) is 9.71. The van der Waals surface area contributed by atoms with Crippen molar-refractivity contribution in [3.05, 3.63) is 96.0 Å². The van der Waals surface area contributed by atoms with Gasteiger partial charge in [-0.3, -0.25) is 9.63 Å². The molecule has 0 aliphatic carbocycles. The number of hydroxylamine groups is 1. The van der Waals surface area contributed by atoms with E-state index in [2.05, 4.69) is 20.8 Å². The number of oxazole rings is 1. The molecule has 168 valence electrons. The van der Waals surface area contributed by atoms with Gasteiger partial charge in [-0.15, -0.1) is 0 Å². The number of nitrogens with one attached hydrogen (secondary N) is 2. The molecule has 2 N–H and O–H groups in total. The smallest absolute Gasteiger partial charge is 0.416 e. The van der Waals surface area contributed by atoms with Gasteiger partial charge in [0.1, 0.15) is 17.7 Å². The molecule has 0 fully saturated rings. The van der Waals surface area contributed by atoms with Crippen LogP contribution in [0.1, 0.15) is 21.6 Å². The molecule has 0 spiro atoms. The minimum atomic E-state index is -4.40. The molecular formula is C23H17F3N4O3. The molecular weight excluding hydrogens is 437 g/mol. The van der Waals surface area contributed by atoms with Crippen LogP contribution in [0.2, 0.25) is 0 Å². The van der Waals surface area contributed by atoms with Gasteiger partial charge in [-0.2, -0.15) is 18.2 Å². The Morgan fingerprint density at radius 2 is 1.76 bits per heavy atom. The van der Waals surface area contributed by atoms with Gasteiger partial charge in [-0.05, 0) is 29.8 Å². The second-order valence-corrected chi connectivity index (χ2v) is 6.88. The summed E-state index contributed by atoms with van der Waals surface area (Å²) in [5.41, 5.74) is 3.98. The summed E-state index contributed by atoms with van der Waals surface area (Å²) in [4.78, 5) is 25.6. The van der Waals surface area contributed by atoms with Gasteiger partial charge < -0.3 is 9.73 Å². The Labute approximate surface area is 186 Å². The van der Waals surface area contributed by atoms with E-state index in [0.717, 1.165) is 17.7 Å². The molecule has 0 radical (unpaired) electrons. The number of hydrogen-bond acceptors (Lipinski definition) is 6. The van der Waals surface area contributed by atoms with Crippen molar-refractivity contribution in [1.82, 2.24) is 15.4 Å². The molecule has 7 nitrogen and oxygen atoms in total. The molecule has 33 heavy (non-hydrogen) atoms. The molecule has 0 atom stereocenters. The number of aromatic nitrogens is 2. The third kappa shape index (κ3) is 5.74. The molecule has 4 aromatic rings. The maximum Gasteiger partial charge on any atom is 0.416 e. The van der Waals surface area contributed by atoms with Crippen LogP contribution < -0.4 is 10.8 Å². The molecule has 2 aromatic heterocycles. The maximum atomic E-state index is 12.7. The largest absolute Gasteiger partial charge is 0.431 e. The highest BCUT2D eigenvalue weighted by molar-refractivity contribution is 5.91. The summed E-state index contributed by atoms with van der Waals surface area (Å²) < 4.78 is 43.4. The second-order valence-electron chi connectivity index (χ2n) is 6.88. The van der Waals surface area contributed by atoms with E-state index in [-0.39, 0.29) is 18.3 Å². The number of carbonyl (C=O) groups is 1. The number of rotatable bonds is 7. The van der Waals surface area contributed by atoms with Crippen LogP contribution >= 0.6 is 0 Å². The van der Waals surface area contributed by atoms with Crippen molar-refractivity contribution in [3.63, 3.8) is 0 Å². The lowest BCUT2D eigenvalue weighted by Crippen LogP contribution is -2.24. The lowest BCUT2D eigenvalue weighted by atomic mass is 10.1. The van der Waals surface area contributed by atoms with E-state index >= 15 is 0 Å². The predicted molar refractivity (Wildman–Crippen MR) is 113 cm³/mol. The van der Waals surface area contributed by atoms with Crippen molar-refractivity contribution in [2.45, 2.75) is 12.8 Å². The summed E-state index contributed by atoms with van der Waals surface area (Å²) in [5, 5.41) is 2.88. The Bertz CT molecular complexity index is 1210. The average Bonchev–Trinajstić information content (AvgIpc) is 3.28. The van der Waals surface area contributed by atoms with E-state index < -0.39 is 17.6 Å². The van der Waals surface area contributed by atoms with Gasteiger partial charge in [0.2, 0.25) is 0 Å². The van der Waals surface area contributed by atoms with Crippen LogP contribution in [-0.4, -0.2) is 15.9 Å². The fraction of sp³-hybridized carbons (Fsp3) is 0.0870. The Morgan fingerprint density at radius 3 is 2.42 bits per heavy atom. The van der Waals surface area contributed by atoms with Gasteiger partial charge >= 0.3 is 6.18 Å². The zero-order valence-electron chi connectivity index (χ0n) is 17.0. The first kappa shape index (κ1) is 22.0. The Hall–Kier alpha value is -4.18. The number of hydrogen-bond donors (Lipinski definition) is 2. The minimum absolute atomic E-state index is 0.120. The molecule has 10 heteroatoms. The topological polar surface area (TPSA) is 89.3 Å². The van der Waals surface area contributed by atoms with Crippen molar-refractivity contribution in [2.24, 2.45) is 0 Å². The summed E-state index contributed by atoms with van der Waals surface area (Å²) in [7, 11) is 0. The number of amides is 1. The normalized spacial score (nSPS) is 11.2. The Balaban J connectivity index is 1.33. The van der Waals surface area contributed by atoms with Crippen LogP contribution in [-0.2, 0) is 17.6 Å². The van der Waals surface area contributed by atoms with Crippen LogP contribution in [0, 0.1) is 0 Å². The first-order chi connectivity index (χ1) is 15.9. The van der Waals surface area contributed by atoms with Crippen LogP contribution in [0.25, 0.3) is 11.3 Å². The zero-order chi connectivity index (χ0) is 23.3. The van der Waals surface area contributed by atoms with Crippen molar-refractivity contribution in [1.29, 1.82) is 0 Å². The number of halogens is 3. The summed E-state index contributed by atoms with van der Waals surface area (Å²) in [6.45, 7) is 0.220. The van der Waals surface area contributed by atoms with Gasteiger partial charge in [0.15, 0.2) is 0 Å². The number of nitrogens with zero attached hydrogens (tertiary/aromatic N) is 2. The average molecular weight is 454 g/mol. The van der Waals surface area contributed by atoms with Crippen LogP contribution in [0.15, 0.2) is 83.6 Å². The number of alkyl halides is 3. The fourth-order valence-corrected chi connectivity index (χ4v) is 2.83. The van der Waals surface area contributed by atoms with Crippen molar-refractivity contribution < 1.29 is 27.2 Å². The number of anilines is 2. The quantitative estimate of drug-likeness (QED) is 0.366. The molecule has 0 saturated carbocycles. The molecule has 4 rings (SSSR count). The van der Waals surface area contributed by atoms with E-state index in [1.165, 1.54) is 30.7 Å². The van der Waals surface area contributed by atoms with E-state index in [9.17, 15) is 18.0 Å². The summed E-state index contributed by atoms with van der Waals surface area (Å²) in [5.74, 6) is -0.502. The molecule has 2 aromatic carbocycles. The third-order valence-corrected chi connectivity index (χ3v) is 4.51. The molecule has 0 saturated heterocycles. The number of benzene rings is 2. The van der Waals surface area contributed by atoms with Crippen molar-refractivity contribution in [2.75, 3.05) is 5.32 Å². The summed E-state index contributed by atoms with van der Waals surface area (Å²) >= 11 is 0. The maximum absolute atomic E-state index is 12.7. The minimum Gasteiger partial charge on any atom is -0.431 e. The Kier molecular flexibility index (Phi) is 6.36. The van der Waals surface area contributed by atoms with Crippen LogP contribution in [0.3, 0.4) is 0 Å². The van der Waals surface area contributed by atoms with Crippen LogP contribution in [0.4, 0.5) is 24.9 Å². The van der Waals surface area contributed by atoms with Crippen molar-refractivity contribution >= 4 is 17.6 Å². The number of carbonyl (C=O) groups excluding carboxylic acids is 1. The third-order valence-electron chi connectivity index (χ3n) is 4.51. The van der Waals surface area contributed by atoms with Crippen LogP contribution in [0.5, 0.6) is 0 Å². The lowest BCUT2D eigenvalue weighted by molar-refractivity contribution is -0.137. The number of pyridine rings is 1. The van der Waals surface area contributed by atoms with Gasteiger partial charge in [0.25, 0.3) is 11.9 Å². The van der Waals surface area contributed by atoms with Gasteiger partial charge in [-0.25, -0.2) is 10.5 Å². The van der Waals surface area contributed by atoms with E-state index in [4.69, 9.17) is 9.25 Å². The lowest BCUT2D eigenvalue weighted by Gasteiger charge is -2.06. The Morgan fingerprint density at radius 1 is 1.00 bits per heavy atom. The molecule has 1 amide bonds. The highest BCUT2D eigenvalue weighted by Gasteiger charge is 2.30. The SMILES string of the molecule is O=C(NOCc1ccccc1)c1ccc(Nc2nc(-c3ccc(C(F)(F)F)cc3)co2)cn1. The highest BCUT2D eigenvalue weighted by atomic mass is 19.4. The predicted octanol–water partition coefficient (Wildman–Crippen LogP) is 5.36. The second kappa shape index (κ2) is 9.53. The van der Waals surface area contributed by atoms with E-state index in [1.807, 2.05) is 30.3 Å². The standard InChI is InChI=1S/C23H17F3N4O3/c24-23(25,26)17-8-6-16(7-9-17)20-14-32-22(29-20)28-18-10-11-19(27-12-18)21(31)30-33-13-15-4-2-1-3-5-15/h1-12,14H,13H2,(H,28,29)(H,30,31). The van der Waals surface area contributed by atoms with Gasteiger partial charge in [0, 0.05) is 5.56 Å². The monoisotopic (exact) mass is 454 g/mol. The zero-order valence-corrected chi connectivity index (χ0v) is 17.0. The fourth-order valence-electron chi connectivity index (χ4n) is 2.83. The summed E-state index contributed by atoms with van der Waals surface area (Å²) in [6.07, 6.45) is -1.67. The molecule has 0 aliphatic rings. The molecule has 0 bridgehead atoms. The molecule has 0 unspecified atom stereocenters. The van der Waals surface area contributed by atoms with Crippen molar-refractivity contribution in [3.8, 4) is 11.3 Å². The summed E-state index contributed by atoms with van der Waals surface area (Å²) in [6, 6.07) is 17.2. The first-order valence-electron chi connectivity index (χ1n) is 9.71. The molecule has 0 aliphatic heterocycles. The van der Waals surface area contributed by atoms with E-state index in [0.29, 0.717) is 16.9 Å². The van der Waals surface area contributed by atoms with E-state index in [1.54, 1.807) is 6.07 Å². The molecule has 2 heterocycles.